The fraction of sp³-hybridized carbons (Fsp3) is 0.667. The summed E-state index contributed by atoms with van der Waals surface area (Å²) in [6, 6.07) is 7.98. The quantitative estimate of drug-likeness (QED) is 0.847. The van der Waals surface area contributed by atoms with Crippen LogP contribution in [0, 0.1) is 5.92 Å². The van der Waals surface area contributed by atoms with Crippen molar-refractivity contribution >= 4 is 5.91 Å². The maximum absolute atomic E-state index is 12.4. The lowest BCUT2D eigenvalue weighted by Crippen LogP contribution is -2.49. The van der Waals surface area contributed by atoms with Crippen LogP contribution in [0.2, 0.25) is 0 Å². The van der Waals surface area contributed by atoms with Gasteiger partial charge in [-0.15, -0.1) is 0 Å². The van der Waals surface area contributed by atoms with Gasteiger partial charge in [0, 0.05) is 19.1 Å². The fourth-order valence-electron chi connectivity index (χ4n) is 4.26. The van der Waals surface area contributed by atoms with Gasteiger partial charge in [-0.05, 0) is 49.3 Å². The van der Waals surface area contributed by atoms with E-state index in [0.29, 0.717) is 31.3 Å². The minimum atomic E-state index is -0.808. The molecule has 2 N–H and O–H groups in total. The Morgan fingerprint density at radius 2 is 1.88 bits per heavy atom. The van der Waals surface area contributed by atoms with E-state index >= 15 is 0 Å². The highest BCUT2D eigenvalue weighted by molar-refractivity contribution is 5.78. The summed E-state index contributed by atoms with van der Waals surface area (Å²) < 4.78 is 5.19. The lowest BCUT2D eigenvalue weighted by atomic mass is 9.84. The van der Waals surface area contributed by atoms with Crippen LogP contribution in [0.4, 0.5) is 0 Å². The zero-order chi connectivity index (χ0) is 18.6. The van der Waals surface area contributed by atoms with E-state index < -0.39 is 5.60 Å². The van der Waals surface area contributed by atoms with Crippen LogP contribution in [0.15, 0.2) is 24.3 Å². The number of hydrogen-bond donors (Lipinski definition) is 2. The lowest BCUT2D eigenvalue weighted by molar-refractivity contribution is -0.124. The Hall–Kier alpha value is -1.59. The molecular formula is C21H32N2O3. The molecule has 1 amide bonds. The molecule has 1 aliphatic heterocycles. The molecule has 1 heterocycles. The number of carbonyl (C=O) groups is 1. The summed E-state index contributed by atoms with van der Waals surface area (Å²) in [5, 5.41) is 14.2. The van der Waals surface area contributed by atoms with Crippen LogP contribution in [0.3, 0.4) is 0 Å². The van der Waals surface area contributed by atoms with E-state index in [0.717, 1.165) is 30.8 Å². The molecule has 5 heteroatoms. The Morgan fingerprint density at radius 3 is 2.50 bits per heavy atom. The smallest absolute Gasteiger partial charge is 0.234 e. The number of piperidine rings is 1. The number of methoxy groups -OCH3 is 1. The molecule has 1 aliphatic carbocycles. The molecule has 144 valence electrons. The van der Waals surface area contributed by atoms with Gasteiger partial charge in [0.2, 0.25) is 5.91 Å². The first-order chi connectivity index (χ1) is 12.5. The normalized spacial score (nSPS) is 26.3. The Balaban J connectivity index is 1.48. The van der Waals surface area contributed by atoms with Crippen molar-refractivity contribution in [2.75, 3.05) is 26.7 Å². The van der Waals surface area contributed by atoms with E-state index in [1.807, 2.05) is 24.3 Å². The molecule has 0 aromatic heterocycles. The summed E-state index contributed by atoms with van der Waals surface area (Å²) >= 11 is 0. The summed E-state index contributed by atoms with van der Waals surface area (Å²) in [5.74, 6) is 1.50. The number of benzene rings is 1. The highest BCUT2D eigenvalue weighted by Crippen LogP contribution is 2.33. The van der Waals surface area contributed by atoms with Crippen molar-refractivity contribution in [3.05, 3.63) is 29.8 Å². The third kappa shape index (κ3) is 4.57. The Kier molecular flexibility index (Phi) is 6.20. The molecule has 0 bridgehead atoms. The van der Waals surface area contributed by atoms with E-state index in [-0.39, 0.29) is 5.91 Å². The van der Waals surface area contributed by atoms with Gasteiger partial charge in [0.15, 0.2) is 0 Å². The zero-order valence-corrected chi connectivity index (χ0v) is 16.0. The molecule has 1 aromatic rings. The lowest BCUT2D eigenvalue weighted by Gasteiger charge is -2.38. The van der Waals surface area contributed by atoms with Gasteiger partial charge in [0.05, 0.1) is 19.3 Å². The molecule has 0 unspecified atom stereocenters. The van der Waals surface area contributed by atoms with Gasteiger partial charge in [-0.3, -0.25) is 9.69 Å². The number of likely N-dealkylation sites (tertiary alicyclic amines) is 1. The first-order valence-electron chi connectivity index (χ1n) is 9.89. The number of amides is 1. The van der Waals surface area contributed by atoms with Crippen molar-refractivity contribution < 1.29 is 14.6 Å². The second-order valence-electron chi connectivity index (χ2n) is 7.97. The highest BCUT2D eigenvalue weighted by Gasteiger charge is 2.34. The number of hydrogen-bond acceptors (Lipinski definition) is 4. The number of carbonyl (C=O) groups excluding carboxylic acids is 1. The average molecular weight is 360 g/mol. The second-order valence-corrected chi connectivity index (χ2v) is 7.97. The van der Waals surface area contributed by atoms with Crippen LogP contribution in [0.5, 0.6) is 5.75 Å². The number of rotatable bonds is 5. The van der Waals surface area contributed by atoms with Crippen molar-refractivity contribution in [3.63, 3.8) is 0 Å². The maximum Gasteiger partial charge on any atom is 0.234 e. The van der Waals surface area contributed by atoms with Crippen molar-refractivity contribution in [1.82, 2.24) is 10.2 Å². The van der Waals surface area contributed by atoms with E-state index in [2.05, 4.69) is 17.1 Å². The van der Waals surface area contributed by atoms with Crippen molar-refractivity contribution in [3.8, 4) is 5.75 Å². The Labute approximate surface area is 156 Å². The Morgan fingerprint density at radius 1 is 1.23 bits per heavy atom. The minimum Gasteiger partial charge on any atom is -0.497 e. The Bertz CT molecular complexity index is 594. The first-order valence-corrected chi connectivity index (χ1v) is 9.89. The molecule has 2 atom stereocenters. The molecule has 2 fully saturated rings. The number of ether oxygens (including phenoxy) is 1. The van der Waals surface area contributed by atoms with E-state index in [4.69, 9.17) is 4.74 Å². The molecule has 1 saturated carbocycles. The predicted octanol–water partition coefficient (Wildman–Crippen LogP) is 2.67. The van der Waals surface area contributed by atoms with Crippen molar-refractivity contribution in [2.45, 2.75) is 57.1 Å². The van der Waals surface area contributed by atoms with Gasteiger partial charge >= 0.3 is 0 Å². The molecule has 0 spiro atoms. The third-order valence-electron chi connectivity index (χ3n) is 6.14. The van der Waals surface area contributed by atoms with Gasteiger partial charge < -0.3 is 15.2 Å². The summed E-state index contributed by atoms with van der Waals surface area (Å²) in [6.45, 7) is 4.13. The second kappa shape index (κ2) is 8.40. The fourth-order valence-corrected chi connectivity index (χ4v) is 4.26. The van der Waals surface area contributed by atoms with E-state index in [9.17, 15) is 9.90 Å². The SMILES string of the molecule is COc1ccc(C2(O)CCN(CC(=O)N[C@@H]3CCCC[C@@H]3C)CC2)cc1. The highest BCUT2D eigenvalue weighted by atomic mass is 16.5. The predicted molar refractivity (Wildman–Crippen MR) is 102 cm³/mol. The van der Waals surface area contributed by atoms with Gasteiger partial charge in [0.25, 0.3) is 0 Å². The standard InChI is InChI=1S/C21H32N2O3/c1-16-5-3-4-6-19(16)22-20(24)15-23-13-11-21(25,12-14-23)17-7-9-18(26-2)10-8-17/h7-10,16,19,25H,3-6,11-15H2,1-2H3,(H,22,24)/t16-,19+/m0/s1. The van der Waals surface area contributed by atoms with Gasteiger partial charge in [-0.1, -0.05) is 31.9 Å². The largest absolute Gasteiger partial charge is 0.497 e. The van der Waals surface area contributed by atoms with Crippen molar-refractivity contribution in [1.29, 1.82) is 0 Å². The first kappa shape index (κ1) is 19.2. The summed E-state index contributed by atoms with van der Waals surface area (Å²) in [7, 11) is 1.64. The monoisotopic (exact) mass is 360 g/mol. The van der Waals surface area contributed by atoms with Gasteiger partial charge in [0.1, 0.15) is 5.75 Å². The van der Waals surface area contributed by atoms with Crippen LogP contribution in [0.25, 0.3) is 0 Å². The minimum absolute atomic E-state index is 0.124. The van der Waals surface area contributed by atoms with Gasteiger partial charge in [-0.2, -0.15) is 0 Å². The zero-order valence-electron chi connectivity index (χ0n) is 16.0. The summed E-state index contributed by atoms with van der Waals surface area (Å²) in [5.41, 5.74) is 0.121. The molecule has 3 rings (SSSR count). The van der Waals surface area contributed by atoms with Crippen LogP contribution < -0.4 is 10.1 Å². The summed E-state index contributed by atoms with van der Waals surface area (Å²) in [4.78, 5) is 14.6. The molecule has 1 aromatic carbocycles. The maximum atomic E-state index is 12.4. The van der Waals surface area contributed by atoms with Crippen LogP contribution in [-0.4, -0.2) is 48.7 Å². The van der Waals surface area contributed by atoms with Crippen LogP contribution >= 0.6 is 0 Å². The third-order valence-corrected chi connectivity index (χ3v) is 6.14. The molecule has 0 radical (unpaired) electrons. The van der Waals surface area contributed by atoms with E-state index in [1.165, 1.54) is 19.3 Å². The number of nitrogens with zero attached hydrogens (tertiary/aromatic N) is 1. The van der Waals surface area contributed by atoms with Gasteiger partial charge in [-0.25, -0.2) is 0 Å². The number of nitrogens with one attached hydrogen (secondary N) is 1. The molecule has 5 nitrogen and oxygen atoms in total. The molecule has 1 saturated heterocycles. The summed E-state index contributed by atoms with van der Waals surface area (Å²) in [6.07, 6.45) is 6.10. The van der Waals surface area contributed by atoms with E-state index in [1.54, 1.807) is 7.11 Å². The molecular weight excluding hydrogens is 328 g/mol. The topological polar surface area (TPSA) is 61.8 Å². The molecule has 26 heavy (non-hydrogen) atoms. The van der Waals surface area contributed by atoms with Crippen LogP contribution in [0.1, 0.15) is 51.0 Å². The van der Waals surface area contributed by atoms with Crippen molar-refractivity contribution in [2.24, 2.45) is 5.92 Å². The average Bonchev–Trinajstić information content (AvgIpc) is 2.66. The number of aliphatic hydroxyl groups is 1. The molecule has 2 aliphatic rings. The van der Waals surface area contributed by atoms with Crippen LogP contribution in [-0.2, 0) is 10.4 Å².